The topological polar surface area (TPSA) is 9.23 Å². The summed E-state index contributed by atoms with van der Waals surface area (Å²) in [5, 5.41) is 9.48. The van der Waals surface area contributed by atoms with Gasteiger partial charge in [0.1, 0.15) is 11.5 Å². The molecule has 0 atom stereocenters. The third-order valence-electron chi connectivity index (χ3n) is 10.2. The summed E-state index contributed by atoms with van der Waals surface area (Å²) in [6, 6.07) is 56.1. The zero-order chi connectivity index (χ0) is 33.3. The van der Waals surface area contributed by atoms with Crippen molar-refractivity contribution < 1.29 is 13.5 Å². The first kappa shape index (κ1) is 28.7. The first-order valence-electron chi connectivity index (χ1n) is 16.8. The van der Waals surface area contributed by atoms with E-state index >= 15 is 0 Å². The Morgan fingerprint density at radius 1 is 0.380 bits per heavy atom. The molecule has 0 radical (unpaired) electrons. The van der Waals surface area contributed by atoms with E-state index in [1.165, 1.54) is 50.0 Å². The minimum atomic E-state index is -2.47. The quantitative estimate of drug-likeness (QED) is 0.173. The van der Waals surface area contributed by atoms with Gasteiger partial charge in [0.2, 0.25) is 0 Å². The molecule has 0 N–H and O–H groups in total. The molecule has 1 aliphatic heterocycles. The predicted octanol–water partition coefficient (Wildman–Crippen LogP) is 14.0. The number of alkyl halides is 2. The van der Waals surface area contributed by atoms with Crippen molar-refractivity contribution in [2.75, 3.05) is 0 Å². The highest BCUT2D eigenvalue weighted by molar-refractivity contribution is 6.17. The molecule has 50 heavy (non-hydrogen) atoms. The van der Waals surface area contributed by atoms with Gasteiger partial charge in [0, 0.05) is 22.1 Å². The molecular weight excluding hydrogens is 619 g/mol. The van der Waals surface area contributed by atoms with Crippen molar-refractivity contribution in [3.63, 3.8) is 0 Å². The summed E-state index contributed by atoms with van der Waals surface area (Å²) in [5.41, 5.74) is 8.62. The maximum atomic E-state index is 13.1. The fourth-order valence-electron chi connectivity index (χ4n) is 7.74. The molecule has 9 aromatic carbocycles. The molecule has 0 saturated carbocycles. The van der Waals surface area contributed by atoms with Crippen LogP contribution in [0.25, 0.3) is 87.6 Å². The Hall–Kier alpha value is -6.32. The summed E-state index contributed by atoms with van der Waals surface area (Å²) in [7, 11) is 0. The fraction of sp³-hybridized carbons (Fsp3) is 0.0213. The Balaban J connectivity index is 1.03. The molecule has 1 heterocycles. The second-order valence-corrected chi connectivity index (χ2v) is 13.0. The van der Waals surface area contributed by atoms with Crippen molar-refractivity contribution in [1.82, 2.24) is 0 Å². The summed E-state index contributed by atoms with van der Waals surface area (Å²) in [6.45, 7) is 0. The van der Waals surface area contributed by atoms with Gasteiger partial charge in [0.25, 0.3) is 6.43 Å². The van der Waals surface area contributed by atoms with E-state index in [0.717, 1.165) is 61.2 Å². The van der Waals surface area contributed by atoms with Crippen LogP contribution in [0.5, 0.6) is 11.5 Å². The first-order chi connectivity index (χ1) is 24.6. The fourth-order valence-corrected chi connectivity index (χ4v) is 7.74. The second kappa shape index (κ2) is 11.1. The summed E-state index contributed by atoms with van der Waals surface area (Å²) >= 11 is 0. The molecular formula is C47H28F2O. The standard InChI is InChI=1S/C47H28F2O/c48-47(49)29-16-14-28(15-17-29)30-7-3-8-31(24-30)32-20-22-38-34(25-32)18-19-35-26-36(21-23-39(35)38)40-10-4-13-43-42-12-5-11-41-37-9-2-1-6-33(37)27-44(45(41)42)50-46(40)43/h1-27,47H. The van der Waals surface area contributed by atoms with E-state index in [4.69, 9.17) is 4.74 Å². The third kappa shape index (κ3) is 4.51. The van der Waals surface area contributed by atoms with Crippen molar-refractivity contribution >= 4 is 43.1 Å². The molecule has 0 aromatic heterocycles. The normalized spacial score (nSPS) is 12.1. The van der Waals surface area contributed by atoms with Crippen molar-refractivity contribution in [3.05, 3.63) is 169 Å². The van der Waals surface area contributed by atoms with Crippen LogP contribution in [0, 0.1) is 0 Å². The zero-order valence-corrected chi connectivity index (χ0v) is 26.8. The second-order valence-electron chi connectivity index (χ2n) is 13.0. The molecule has 0 fully saturated rings. The molecule has 0 saturated heterocycles. The molecule has 0 aliphatic carbocycles. The van der Waals surface area contributed by atoms with Crippen molar-refractivity contribution in [3.8, 4) is 56.0 Å². The predicted molar refractivity (Wildman–Crippen MR) is 203 cm³/mol. The molecule has 1 nitrogen and oxygen atoms in total. The van der Waals surface area contributed by atoms with E-state index in [0.29, 0.717) is 0 Å². The van der Waals surface area contributed by atoms with E-state index in [-0.39, 0.29) is 5.56 Å². The maximum absolute atomic E-state index is 13.1. The van der Waals surface area contributed by atoms with Crippen LogP contribution in [-0.4, -0.2) is 0 Å². The van der Waals surface area contributed by atoms with Gasteiger partial charge < -0.3 is 4.74 Å². The van der Waals surface area contributed by atoms with Crippen LogP contribution in [-0.2, 0) is 0 Å². The molecule has 1 aliphatic rings. The highest BCUT2D eigenvalue weighted by Gasteiger charge is 2.24. The number of rotatable bonds is 4. The molecule has 0 spiro atoms. The summed E-state index contributed by atoms with van der Waals surface area (Å²) < 4.78 is 33.0. The van der Waals surface area contributed by atoms with Crippen molar-refractivity contribution in [1.29, 1.82) is 0 Å². The molecule has 10 rings (SSSR count). The monoisotopic (exact) mass is 646 g/mol. The molecule has 236 valence electrons. The first-order valence-corrected chi connectivity index (χ1v) is 16.8. The minimum Gasteiger partial charge on any atom is -0.455 e. The van der Waals surface area contributed by atoms with E-state index in [2.05, 4.69) is 127 Å². The number of fused-ring (bicyclic) bond motifs is 7. The Morgan fingerprint density at radius 3 is 1.74 bits per heavy atom. The number of ether oxygens (including phenoxy) is 1. The van der Waals surface area contributed by atoms with E-state index < -0.39 is 6.43 Å². The minimum absolute atomic E-state index is 0.0349. The summed E-state index contributed by atoms with van der Waals surface area (Å²) in [4.78, 5) is 0. The Labute approximate surface area is 287 Å². The lowest BCUT2D eigenvalue weighted by Crippen LogP contribution is -1.99. The van der Waals surface area contributed by atoms with Gasteiger partial charge in [0.15, 0.2) is 0 Å². The van der Waals surface area contributed by atoms with Crippen LogP contribution in [0.1, 0.15) is 12.0 Å². The van der Waals surface area contributed by atoms with Gasteiger partial charge in [-0.15, -0.1) is 0 Å². The molecule has 0 amide bonds. The van der Waals surface area contributed by atoms with Crippen LogP contribution < -0.4 is 4.74 Å². The van der Waals surface area contributed by atoms with Gasteiger partial charge in [-0.3, -0.25) is 0 Å². The smallest absolute Gasteiger partial charge is 0.263 e. The van der Waals surface area contributed by atoms with Gasteiger partial charge in [-0.2, -0.15) is 0 Å². The lowest BCUT2D eigenvalue weighted by atomic mass is 9.89. The number of para-hydroxylation sites is 1. The van der Waals surface area contributed by atoms with Crippen LogP contribution in [0.3, 0.4) is 0 Å². The molecule has 0 unspecified atom stereocenters. The number of halogens is 2. The van der Waals surface area contributed by atoms with Crippen LogP contribution in [0.2, 0.25) is 0 Å². The largest absolute Gasteiger partial charge is 0.455 e. The lowest BCUT2D eigenvalue weighted by Gasteiger charge is -2.24. The van der Waals surface area contributed by atoms with Crippen molar-refractivity contribution in [2.45, 2.75) is 6.43 Å². The van der Waals surface area contributed by atoms with E-state index in [1.807, 2.05) is 12.1 Å². The number of hydrogen-bond acceptors (Lipinski definition) is 1. The SMILES string of the molecule is FC(F)c1ccc(-c2cccc(-c3ccc4c(ccc5cc(-c6cccc7c6Oc6cc8ccccc8c8cccc-7c68)ccc54)c3)c2)cc1. The van der Waals surface area contributed by atoms with Gasteiger partial charge in [-0.25, -0.2) is 8.78 Å². The Morgan fingerprint density at radius 2 is 0.940 bits per heavy atom. The van der Waals surface area contributed by atoms with Crippen LogP contribution in [0.4, 0.5) is 8.78 Å². The molecule has 3 heteroatoms. The number of hydrogen-bond donors (Lipinski definition) is 0. The molecule has 9 aromatic rings. The van der Waals surface area contributed by atoms with Gasteiger partial charge in [-0.1, -0.05) is 140 Å². The lowest BCUT2D eigenvalue weighted by molar-refractivity contribution is 0.151. The maximum Gasteiger partial charge on any atom is 0.263 e. The Bertz CT molecular complexity index is 2820. The molecule has 0 bridgehead atoms. The van der Waals surface area contributed by atoms with E-state index in [9.17, 15) is 8.78 Å². The van der Waals surface area contributed by atoms with Gasteiger partial charge in [0.05, 0.1) is 0 Å². The van der Waals surface area contributed by atoms with Crippen LogP contribution in [0.15, 0.2) is 164 Å². The average molecular weight is 647 g/mol. The Kier molecular flexibility index (Phi) is 6.37. The summed E-state index contributed by atoms with van der Waals surface area (Å²) in [6.07, 6.45) is -2.47. The van der Waals surface area contributed by atoms with Crippen LogP contribution >= 0.6 is 0 Å². The average Bonchev–Trinajstić information content (AvgIpc) is 3.17. The van der Waals surface area contributed by atoms with E-state index in [1.54, 1.807) is 12.1 Å². The zero-order valence-electron chi connectivity index (χ0n) is 26.8. The van der Waals surface area contributed by atoms with Crippen molar-refractivity contribution in [2.24, 2.45) is 0 Å². The van der Waals surface area contributed by atoms with Gasteiger partial charge >= 0.3 is 0 Å². The summed E-state index contributed by atoms with van der Waals surface area (Å²) in [5.74, 6) is 1.78. The highest BCUT2D eigenvalue weighted by atomic mass is 19.3. The third-order valence-corrected chi connectivity index (χ3v) is 10.2. The highest BCUT2D eigenvalue weighted by Crippen LogP contribution is 2.52. The van der Waals surface area contributed by atoms with Gasteiger partial charge in [-0.05, 0) is 95.3 Å². The number of benzene rings is 9.